The third-order valence-corrected chi connectivity index (χ3v) is 4.17. The lowest BCUT2D eigenvalue weighted by atomic mass is 10.0. The van der Waals surface area contributed by atoms with Crippen LogP contribution in [0.15, 0.2) is 24.3 Å². The molecule has 1 aromatic rings. The Morgan fingerprint density at radius 2 is 2.00 bits per heavy atom. The van der Waals surface area contributed by atoms with Gasteiger partial charge >= 0.3 is 6.18 Å². The first-order valence-electron chi connectivity index (χ1n) is 6.66. The van der Waals surface area contributed by atoms with Gasteiger partial charge in [-0.15, -0.1) is 0 Å². The van der Waals surface area contributed by atoms with Crippen LogP contribution >= 0.6 is 0 Å². The van der Waals surface area contributed by atoms with Crippen LogP contribution in [-0.2, 0) is 6.18 Å². The summed E-state index contributed by atoms with van der Waals surface area (Å²) in [6.07, 6.45) is -3.64. The number of hydrogen-bond donors (Lipinski definition) is 1. The zero-order chi connectivity index (χ0) is 14.3. The molecule has 108 valence electrons. The molecule has 0 saturated carbocycles. The number of halogens is 3. The van der Waals surface area contributed by atoms with E-state index in [2.05, 4.69) is 5.32 Å². The summed E-state index contributed by atoms with van der Waals surface area (Å²) >= 11 is 0. The SMILES string of the molecule is O=C(c1ccccc1C(F)(F)F)N1CC[C@H]2CNC[C@H]21. The third-order valence-electron chi connectivity index (χ3n) is 4.17. The standard InChI is InChI=1S/C14H15F3N2O/c15-14(16,17)11-4-2-1-3-10(11)13(20)19-6-5-9-7-18-8-12(9)19/h1-4,9,12,18H,5-8H2/t9-,12+/m0/s1. The Hall–Kier alpha value is -1.56. The van der Waals surface area contributed by atoms with Crippen LogP contribution in [0.25, 0.3) is 0 Å². The molecule has 2 atom stereocenters. The van der Waals surface area contributed by atoms with Gasteiger partial charge in [-0.3, -0.25) is 4.79 Å². The Labute approximate surface area is 114 Å². The Morgan fingerprint density at radius 3 is 2.75 bits per heavy atom. The van der Waals surface area contributed by atoms with Crippen molar-refractivity contribution in [2.45, 2.75) is 18.6 Å². The highest BCUT2D eigenvalue weighted by Gasteiger charge is 2.42. The number of amides is 1. The molecule has 0 spiro atoms. The molecule has 0 aromatic heterocycles. The Balaban J connectivity index is 1.92. The van der Waals surface area contributed by atoms with Crippen molar-refractivity contribution >= 4 is 5.91 Å². The molecule has 2 saturated heterocycles. The first kappa shape index (κ1) is 13.4. The second kappa shape index (κ2) is 4.77. The van der Waals surface area contributed by atoms with Gasteiger partial charge < -0.3 is 10.2 Å². The maximum atomic E-state index is 13.0. The van der Waals surface area contributed by atoms with Gasteiger partial charge in [-0.2, -0.15) is 13.2 Å². The summed E-state index contributed by atoms with van der Waals surface area (Å²) < 4.78 is 38.9. The average molecular weight is 284 g/mol. The van der Waals surface area contributed by atoms with Crippen molar-refractivity contribution in [1.82, 2.24) is 10.2 Å². The fourth-order valence-electron chi connectivity index (χ4n) is 3.17. The molecule has 20 heavy (non-hydrogen) atoms. The van der Waals surface area contributed by atoms with E-state index in [9.17, 15) is 18.0 Å². The fourth-order valence-corrected chi connectivity index (χ4v) is 3.17. The minimum absolute atomic E-state index is 0.0313. The summed E-state index contributed by atoms with van der Waals surface area (Å²) in [5.74, 6) is -0.133. The van der Waals surface area contributed by atoms with Crippen LogP contribution in [0.3, 0.4) is 0 Å². The van der Waals surface area contributed by atoms with Crippen molar-refractivity contribution in [3.8, 4) is 0 Å². The predicted octanol–water partition coefficient (Wildman–Crippen LogP) is 2.14. The molecule has 0 radical (unpaired) electrons. The van der Waals surface area contributed by atoms with Gasteiger partial charge in [0.1, 0.15) is 0 Å². The molecule has 2 fully saturated rings. The van der Waals surface area contributed by atoms with Crippen molar-refractivity contribution in [3.05, 3.63) is 35.4 Å². The van der Waals surface area contributed by atoms with Crippen LogP contribution in [0.1, 0.15) is 22.3 Å². The second-order valence-electron chi connectivity index (χ2n) is 5.32. The van der Waals surface area contributed by atoms with E-state index in [0.29, 0.717) is 19.0 Å². The fraction of sp³-hybridized carbons (Fsp3) is 0.500. The van der Waals surface area contributed by atoms with E-state index in [0.717, 1.165) is 19.0 Å². The normalized spacial score (nSPS) is 25.9. The molecule has 1 amide bonds. The summed E-state index contributed by atoms with van der Waals surface area (Å²) in [5, 5.41) is 3.19. The van der Waals surface area contributed by atoms with E-state index >= 15 is 0 Å². The van der Waals surface area contributed by atoms with E-state index in [1.165, 1.54) is 18.2 Å². The number of carbonyl (C=O) groups excluding carboxylic acids is 1. The summed E-state index contributed by atoms with van der Waals surface area (Å²) in [4.78, 5) is 14.0. The van der Waals surface area contributed by atoms with Crippen LogP contribution in [0, 0.1) is 5.92 Å². The van der Waals surface area contributed by atoms with Gasteiger partial charge in [0.15, 0.2) is 0 Å². The van der Waals surface area contributed by atoms with E-state index in [1.807, 2.05) is 0 Å². The minimum Gasteiger partial charge on any atom is -0.334 e. The summed E-state index contributed by atoms with van der Waals surface area (Å²) in [6, 6.07) is 5.05. The molecular weight excluding hydrogens is 269 g/mol. The van der Waals surface area contributed by atoms with E-state index < -0.39 is 17.6 Å². The van der Waals surface area contributed by atoms with Gasteiger partial charge in [0.2, 0.25) is 0 Å². The highest BCUT2D eigenvalue weighted by Crippen LogP contribution is 2.34. The van der Waals surface area contributed by atoms with Crippen molar-refractivity contribution in [1.29, 1.82) is 0 Å². The maximum Gasteiger partial charge on any atom is 0.417 e. The number of benzene rings is 1. The monoisotopic (exact) mass is 284 g/mol. The zero-order valence-electron chi connectivity index (χ0n) is 10.8. The Morgan fingerprint density at radius 1 is 1.25 bits per heavy atom. The van der Waals surface area contributed by atoms with Crippen molar-refractivity contribution < 1.29 is 18.0 Å². The van der Waals surface area contributed by atoms with Gasteiger partial charge in [-0.05, 0) is 24.5 Å². The largest absolute Gasteiger partial charge is 0.417 e. The first-order chi connectivity index (χ1) is 9.48. The highest BCUT2D eigenvalue weighted by molar-refractivity contribution is 5.96. The molecule has 3 rings (SSSR count). The quantitative estimate of drug-likeness (QED) is 0.857. The van der Waals surface area contributed by atoms with Crippen LogP contribution < -0.4 is 5.32 Å². The number of likely N-dealkylation sites (tertiary alicyclic amines) is 1. The Kier molecular flexibility index (Phi) is 3.20. The third kappa shape index (κ3) is 2.18. The topological polar surface area (TPSA) is 32.3 Å². The van der Waals surface area contributed by atoms with E-state index in [4.69, 9.17) is 0 Å². The van der Waals surface area contributed by atoms with Gasteiger partial charge in [0, 0.05) is 25.7 Å². The van der Waals surface area contributed by atoms with Gasteiger partial charge in [-0.25, -0.2) is 0 Å². The second-order valence-corrected chi connectivity index (χ2v) is 5.32. The number of alkyl halides is 3. The predicted molar refractivity (Wildman–Crippen MR) is 67.2 cm³/mol. The van der Waals surface area contributed by atoms with E-state index in [-0.39, 0.29) is 11.6 Å². The Bertz CT molecular complexity index is 529. The van der Waals surface area contributed by atoms with Crippen LogP contribution in [0.4, 0.5) is 13.2 Å². The van der Waals surface area contributed by atoms with Crippen LogP contribution in [0.2, 0.25) is 0 Å². The number of carbonyl (C=O) groups is 1. The molecule has 1 N–H and O–H groups in total. The van der Waals surface area contributed by atoms with Crippen LogP contribution in [-0.4, -0.2) is 36.5 Å². The molecule has 0 unspecified atom stereocenters. The zero-order valence-corrected chi connectivity index (χ0v) is 10.8. The van der Waals surface area contributed by atoms with Gasteiger partial charge in [0.05, 0.1) is 11.1 Å². The van der Waals surface area contributed by atoms with Crippen molar-refractivity contribution in [2.75, 3.05) is 19.6 Å². The average Bonchev–Trinajstić information content (AvgIpc) is 2.99. The molecular formula is C14H15F3N2O. The van der Waals surface area contributed by atoms with Gasteiger partial charge in [0.25, 0.3) is 5.91 Å². The van der Waals surface area contributed by atoms with Gasteiger partial charge in [-0.1, -0.05) is 12.1 Å². The number of rotatable bonds is 1. The molecule has 2 aliphatic rings. The molecule has 6 heteroatoms. The lowest BCUT2D eigenvalue weighted by molar-refractivity contribution is -0.138. The number of hydrogen-bond acceptors (Lipinski definition) is 2. The molecule has 3 nitrogen and oxygen atoms in total. The lowest BCUT2D eigenvalue weighted by Crippen LogP contribution is -2.39. The molecule has 0 bridgehead atoms. The smallest absolute Gasteiger partial charge is 0.334 e. The highest BCUT2D eigenvalue weighted by atomic mass is 19.4. The summed E-state index contributed by atoms with van der Waals surface area (Å²) in [7, 11) is 0. The van der Waals surface area contributed by atoms with Crippen LogP contribution in [0.5, 0.6) is 0 Å². The lowest BCUT2D eigenvalue weighted by Gasteiger charge is -2.25. The van der Waals surface area contributed by atoms with Crippen molar-refractivity contribution in [3.63, 3.8) is 0 Å². The number of nitrogens with one attached hydrogen (secondary N) is 1. The molecule has 2 aliphatic heterocycles. The summed E-state index contributed by atoms with van der Waals surface area (Å²) in [5.41, 5.74) is -1.09. The summed E-state index contributed by atoms with van der Waals surface area (Å²) in [6.45, 7) is 2.06. The number of fused-ring (bicyclic) bond motifs is 1. The molecule has 1 aromatic carbocycles. The van der Waals surface area contributed by atoms with Crippen molar-refractivity contribution in [2.24, 2.45) is 5.92 Å². The maximum absolute atomic E-state index is 13.0. The molecule has 2 heterocycles. The minimum atomic E-state index is -4.50. The number of nitrogens with zero attached hydrogens (tertiary/aromatic N) is 1. The molecule has 0 aliphatic carbocycles. The van der Waals surface area contributed by atoms with E-state index in [1.54, 1.807) is 4.90 Å². The first-order valence-corrected chi connectivity index (χ1v) is 6.66.